The second-order valence-corrected chi connectivity index (χ2v) is 18.1. The van der Waals surface area contributed by atoms with E-state index in [-0.39, 0.29) is 10.8 Å². The van der Waals surface area contributed by atoms with Crippen LogP contribution in [0.2, 0.25) is 0 Å². The third-order valence-corrected chi connectivity index (χ3v) is 11.7. The molecule has 0 spiro atoms. The zero-order valence-electron chi connectivity index (χ0n) is 35.1. The summed E-state index contributed by atoms with van der Waals surface area (Å²) in [6.45, 7) is 20.2. The maximum atomic E-state index is 5.46. The molecule has 5 radical (unpaired) electrons. The van der Waals surface area contributed by atoms with Gasteiger partial charge in [-0.3, -0.25) is 0 Å². The van der Waals surface area contributed by atoms with E-state index in [9.17, 15) is 0 Å². The SMILES string of the molecule is Cc1cc(C)c(-c2c3ccc([nH]3)c(-c3ccc(C(C)(C)C)cc3)c3nc(c([C]4[CH][CH][CH][CH]4)c4nc(c(-c5ccc(C(C)(C)C)cc5)c5ccc2[nH]5)C=C4)C=C3)c(C)c1. The molecule has 3 aromatic heterocycles. The summed E-state index contributed by atoms with van der Waals surface area (Å²) < 4.78 is 0. The predicted molar refractivity (Wildman–Crippen MR) is 246 cm³/mol. The van der Waals surface area contributed by atoms with Gasteiger partial charge in [-0.15, -0.1) is 0 Å². The van der Waals surface area contributed by atoms with Crippen LogP contribution in [0.4, 0.5) is 0 Å². The molecule has 58 heavy (non-hydrogen) atoms. The summed E-state index contributed by atoms with van der Waals surface area (Å²) in [6, 6.07) is 31.5. The van der Waals surface area contributed by atoms with Crippen molar-refractivity contribution in [1.29, 1.82) is 0 Å². The Kier molecular flexibility index (Phi) is 9.30. The number of aromatic nitrogens is 4. The standard InChI is InChI=1S/C54H51N4/c1-32-30-33(2)48(34(3)31-32)52-46-28-26-44(57-46)50(36-14-18-38(19-15-36)53(4,5)6)42-24-22-40(55-42)49(35-12-10-11-13-35)41-23-25-43(56-41)51(45-27-29-47(52)58-45)37-16-20-39(21-17-37)54(7,8)9/h10-31,57-58H,1-9H3. The summed E-state index contributed by atoms with van der Waals surface area (Å²) in [6.07, 6.45) is 17.1. The highest BCUT2D eigenvalue weighted by Crippen LogP contribution is 2.41. The normalized spacial score (nSPS) is 14.5. The van der Waals surface area contributed by atoms with Crippen molar-refractivity contribution in [1.82, 2.24) is 19.9 Å². The van der Waals surface area contributed by atoms with Gasteiger partial charge < -0.3 is 9.97 Å². The van der Waals surface area contributed by atoms with Gasteiger partial charge in [0.05, 0.1) is 22.8 Å². The first-order chi connectivity index (χ1) is 27.7. The van der Waals surface area contributed by atoms with E-state index in [1.807, 2.05) is 0 Å². The van der Waals surface area contributed by atoms with Crippen molar-refractivity contribution in [3.8, 4) is 33.4 Å². The minimum Gasteiger partial charge on any atom is -0.354 e. The molecule has 2 N–H and O–H groups in total. The zero-order chi connectivity index (χ0) is 40.5. The summed E-state index contributed by atoms with van der Waals surface area (Å²) in [4.78, 5) is 18.8. The molecule has 2 aliphatic heterocycles. The van der Waals surface area contributed by atoms with Gasteiger partial charge in [-0.25, -0.2) is 9.97 Å². The Balaban J connectivity index is 1.43. The van der Waals surface area contributed by atoms with Crippen LogP contribution in [0.3, 0.4) is 0 Å². The van der Waals surface area contributed by atoms with Gasteiger partial charge in [0.1, 0.15) is 0 Å². The third kappa shape index (κ3) is 6.87. The van der Waals surface area contributed by atoms with Crippen molar-refractivity contribution in [2.24, 2.45) is 0 Å². The second kappa shape index (κ2) is 14.3. The molecule has 287 valence electrons. The first-order valence-corrected chi connectivity index (χ1v) is 20.4. The Morgan fingerprint density at radius 3 is 1.16 bits per heavy atom. The Morgan fingerprint density at radius 1 is 0.414 bits per heavy atom. The summed E-state index contributed by atoms with van der Waals surface area (Å²) in [5.74, 6) is 1.09. The number of hydrogen-bond donors (Lipinski definition) is 2. The first-order valence-electron chi connectivity index (χ1n) is 20.4. The highest BCUT2D eigenvalue weighted by Gasteiger charge is 2.27. The van der Waals surface area contributed by atoms with Crippen LogP contribution in [-0.4, -0.2) is 19.9 Å². The van der Waals surface area contributed by atoms with E-state index in [4.69, 9.17) is 9.97 Å². The fourth-order valence-electron chi connectivity index (χ4n) is 8.77. The molecule has 0 unspecified atom stereocenters. The summed E-state index contributed by atoms with van der Waals surface area (Å²) in [5.41, 5.74) is 21.8. The fourth-order valence-corrected chi connectivity index (χ4v) is 8.77. The largest absolute Gasteiger partial charge is 0.354 e. The molecular weight excluding hydrogens is 705 g/mol. The van der Waals surface area contributed by atoms with Crippen LogP contribution >= 0.6 is 0 Å². The minimum absolute atomic E-state index is 0.0412. The van der Waals surface area contributed by atoms with Gasteiger partial charge in [0.25, 0.3) is 0 Å². The van der Waals surface area contributed by atoms with Crippen LogP contribution in [0.25, 0.3) is 79.8 Å². The van der Waals surface area contributed by atoms with Crippen LogP contribution in [-0.2, 0) is 10.8 Å². The maximum absolute atomic E-state index is 5.46. The molecule has 1 fully saturated rings. The van der Waals surface area contributed by atoms with Crippen molar-refractivity contribution < 1.29 is 0 Å². The van der Waals surface area contributed by atoms with Crippen molar-refractivity contribution in [2.45, 2.75) is 73.1 Å². The van der Waals surface area contributed by atoms with Crippen LogP contribution in [0.5, 0.6) is 0 Å². The molecule has 3 aliphatic rings. The molecule has 8 bridgehead atoms. The lowest BCUT2D eigenvalue weighted by Crippen LogP contribution is -2.10. The predicted octanol–water partition coefficient (Wildman–Crippen LogP) is 13.9. The number of nitrogens with one attached hydrogen (secondary N) is 2. The highest BCUT2D eigenvalue weighted by molar-refractivity contribution is 6.00. The fraction of sp³-hybridized carbons (Fsp3) is 0.204. The molecule has 6 aromatic rings. The minimum atomic E-state index is 0.0412. The van der Waals surface area contributed by atoms with Crippen LogP contribution in [0, 0.1) is 52.4 Å². The first kappa shape index (κ1) is 37.8. The van der Waals surface area contributed by atoms with E-state index in [1.54, 1.807) is 0 Å². The number of rotatable bonds is 4. The van der Waals surface area contributed by atoms with Crippen LogP contribution < -0.4 is 0 Å². The summed E-state index contributed by atoms with van der Waals surface area (Å²) in [5, 5.41) is 0. The topological polar surface area (TPSA) is 57.4 Å². The lowest BCUT2D eigenvalue weighted by Gasteiger charge is -2.19. The van der Waals surface area contributed by atoms with E-state index in [0.717, 1.165) is 84.1 Å². The molecule has 1 aliphatic carbocycles. The Hall–Kier alpha value is -5.74. The van der Waals surface area contributed by atoms with E-state index in [0.29, 0.717) is 0 Å². The molecule has 5 heterocycles. The summed E-state index contributed by atoms with van der Waals surface area (Å²) >= 11 is 0. The number of benzene rings is 3. The summed E-state index contributed by atoms with van der Waals surface area (Å²) in [7, 11) is 0. The Morgan fingerprint density at radius 2 is 0.776 bits per heavy atom. The zero-order valence-corrected chi connectivity index (χ0v) is 35.1. The molecule has 1 saturated carbocycles. The Bertz CT molecular complexity index is 2620. The van der Waals surface area contributed by atoms with Crippen LogP contribution in [0.15, 0.2) is 84.9 Å². The van der Waals surface area contributed by atoms with Crippen molar-refractivity contribution in [2.75, 3.05) is 0 Å². The van der Waals surface area contributed by atoms with Crippen molar-refractivity contribution in [3.05, 3.63) is 173 Å². The molecule has 4 heteroatoms. The van der Waals surface area contributed by atoms with Gasteiger partial charge in [-0.2, -0.15) is 0 Å². The van der Waals surface area contributed by atoms with Gasteiger partial charge >= 0.3 is 0 Å². The van der Waals surface area contributed by atoms with Gasteiger partial charge in [-0.1, -0.05) is 108 Å². The van der Waals surface area contributed by atoms with Gasteiger partial charge in [-0.05, 0) is 145 Å². The molecule has 3 aromatic carbocycles. The van der Waals surface area contributed by atoms with Gasteiger partial charge in [0.15, 0.2) is 0 Å². The monoisotopic (exact) mass is 755 g/mol. The van der Waals surface area contributed by atoms with Gasteiger partial charge in [0, 0.05) is 50.2 Å². The number of hydrogen-bond acceptors (Lipinski definition) is 2. The number of nitrogens with zero attached hydrogens (tertiary/aromatic N) is 2. The quantitative estimate of drug-likeness (QED) is 0.188. The van der Waals surface area contributed by atoms with E-state index in [1.165, 1.54) is 33.4 Å². The maximum Gasteiger partial charge on any atom is 0.0737 e. The molecule has 0 amide bonds. The second-order valence-electron chi connectivity index (χ2n) is 18.1. The smallest absolute Gasteiger partial charge is 0.0737 e. The number of aryl methyl sites for hydroxylation is 3. The molecule has 0 saturated heterocycles. The average molecular weight is 756 g/mol. The molecule has 9 rings (SSSR count). The third-order valence-electron chi connectivity index (χ3n) is 11.7. The molecule has 4 nitrogen and oxygen atoms in total. The Labute approximate surface area is 344 Å². The lowest BCUT2D eigenvalue weighted by molar-refractivity contribution is 0.590. The molecular formula is C54H51N4. The number of fused-ring (bicyclic) bond motifs is 8. The van der Waals surface area contributed by atoms with Gasteiger partial charge in [0.2, 0.25) is 0 Å². The lowest BCUT2D eigenvalue weighted by atomic mass is 9.86. The van der Waals surface area contributed by atoms with Crippen molar-refractivity contribution in [3.63, 3.8) is 0 Å². The molecule has 0 atom stereocenters. The number of H-pyrrole nitrogens is 2. The van der Waals surface area contributed by atoms with Crippen LogP contribution in [0.1, 0.15) is 97.7 Å². The van der Waals surface area contributed by atoms with E-state index >= 15 is 0 Å². The highest BCUT2D eigenvalue weighted by atomic mass is 14.8. The average Bonchev–Trinajstić information content (AvgIpc) is 4.03. The van der Waals surface area contributed by atoms with E-state index < -0.39 is 0 Å². The number of aromatic amines is 2. The van der Waals surface area contributed by atoms with Crippen molar-refractivity contribution >= 4 is 46.4 Å². The van der Waals surface area contributed by atoms with E-state index in [2.05, 4.69) is 207 Å².